The molecule has 0 aliphatic carbocycles. The summed E-state index contributed by atoms with van der Waals surface area (Å²) in [6.45, 7) is 1.28. The number of nitrogens with one attached hydrogen (secondary N) is 2. The maximum Gasteiger partial charge on any atom is 0.306 e. The average Bonchev–Trinajstić information content (AvgIpc) is 2.41. The Morgan fingerprint density at radius 2 is 2.15 bits per heavy atom. The van der Waals surface area contributed by atoms with Crippen LogP contribution < -0.4 is 16.6 Å². The van der Waals surface area contributed by atoms with Crippen LogP contribution in [-0.4, -0.2) is 42.9 Å². The molecular formula is C12H19N5O3. The van der Waals surface area contributed by atoms with Gasteiger partial charge in [-0.1, -0.05) is 6.07 Å². The predicted octanol–water partition coefficient (Wildman–Crippen LogP) is 0.562. The summed E-state index contributed by atoms with van der Waals surface area (Å²) in [6, 6.07) is 4.39. The molecule has 0 unspecified atom stereocenters. The number of carbonyl (C=O) groups excluding carboxylic acids is 1. The Hall–Kier alpha value is -2.19. The highest BCUT2D eigenvalue weighted by atomic mass is 16.6. The number of nitrogen functional groups attached to an aromatic ring is 1. The number of hydrazine groups is 1. The monoisotopic (exact) mass is 281 g/mol. The van der Waals surface area contributed by atoms with Crippen molar-refractivity contribution in [3.8, 4) is 0 Å². The maximum absolute atomic E-state index is 12.0. The molecule has 8 nitrogen and oxygen atoms in total. The van der Waals surface area contributed by atoms with Crippen molar-refractivity contribution in [3.63, 3.8) is 0 Å². The van der Waals surface area contributed by atoms with Gasteiger partial charge in [0.25, 0.3) is 5.91 Å². The van der Waals surface area contributed by atoms with Crippen LogP contribution in [0.25, 0.3) is 0 Å². The molecule has 0 spiro atoms. The van der Waals surface area contributed by atoms with Gasteiger partial charge in [0.1, 0.15) is 11.3 Å². The standard InChI is InChI=1S/C12H19N5O3/c1-16(2)8-4-7-14-12(18)9-5-3-6-10(15-13)11(9)17(19)20/h3,5-6,15H,4,7-8,13H2,1-2H3,(H,14,18). The van der Waals surface area contributed by atoms with Gasteiger partial charge in [-0.25, -0.2) is 0 Å². The lowest BCUT2D eigenvalue weighted by Gasteiger charge is -2.10. The van der Waals surface area contributed by atoms with Crippen LogP contribution in [0.5, 0.6) is 0 Å². The van der Waals surface area contributed by atoms with Crippen molar-refractivity contribution in [2.24, 2.45) is 5.84 Å². The van der Waals surface area contributed by atoms with Gasteiger partial charge in [-0.15, -0.1) is 0 Å². The van der Waals surface area contributed by atoms with Crippen LogP contribution in [0.4, 0.5) is 11.4 Å². The summed E-state index contributed by atoms with van der Waals surface area (Å²) in [7, 11) is 3.87. The molecule has 20 heavy (non-hydrogen) atoms. The first-order valence-corrected chi connectivity index (χ1v) is 6.14. The number of hydrogen-bond acceptors (Lipinski definition) is 6. The first-order chi connectivity index (χ1) is 9.47. The van der Waals surface area contributed by atoms with Gasteiger partial charge in [0.05, 0.1) is 4.92 Å². The van der Waals surface area contributed by atoms with Gasteiger partial charge < -0.3 is 15.6 Å². The third-order valence-corrected chi connectivity index (χ3v) is 2.69. The number of amides is 1. The Morgan fingerprint density at radius 1 is 1.45 bits per heavy atom. The zero-order valence-electron chi connectivity index (χ0n) is 11.5. The molecule has 0 fully saturated rings. The zero-order chi connectivity index (χ0) is 15.1. The van der Waals surface area contributed by atoms with Crippen LogP contribution in [0.2, 0.25) is 0 Å². The lowest BCUT2D eigenvalue weighted by Crippen LogP contribution is -2.28. The number of nitro groups is 1. The van der Waals surface area contributed by atoms with Crippen molar-refractivity contribution in [1.29, 1.82) is 0 Å². The Labute approximate surface area is 117 Å². The van der Waals surface area contributed by atoms with E-state index >= 15 is 0 Å². The van der Waals surface area contributed by atoms with Gasteiger partial charge in [-0.2, -0.15) is 0 Å². The second kappa shape index (κ2) is 7.41. The van der Waals surface area contributed by atoms with E-state index in [0.29, 0.717) is 6.54 Å². The van der Waals surface area contributed by atoms with E-state index in [1.165, 1.54) is 18.2 Å². The third-order valence-electron chi connectivity index (χ3n) is 2.69. The highest BCUT2D eigenvalue weighted by molar-refractivity contribution is 6.00. The molecule has 0 aliphatic rings. The van der Waals surface area contributed by atoms with Gasteiger partial charge in [-0.3, -0.25) is 20.8 Å². The second-order valence-electron chi connectivity index (χ2n) is 4.52. The first-order valence-electron chi connectivity index (χ1n) is 6.14. The third kappa shape index (κ3) is 4.18. The normalized spacial score (nSPS) is 10.4. The van der Waals surface area contributed by atoms with E-state index in [-0.39, 0.29) is 16.9 Å². The molecule has 1 amide bonds. The number of para-hydroxylation sites is 1. The van der Waals surface area contributed by atoms with E-state index in [2.05, 4.69) is 10.7 Å². The number of nitro benzene ring substituents is 1. The largest absolute Gasteiger partial charge is 0.352 e. The topological polar surface area (TPSA) is 114 Å². The van der Waals surface area contributed by atoms with Crippen LogP contribution in [-0.2, 0) is 0 Å². The molecule has 0 atom stereocenters. The Kier molecular flexibility index (Phi) is 5.88. The molecule has 0 saturated heterocycles. The number of hydrogen-bond donors (Lipinski definition) is 3. The predicted molar refractivity (Wildman–Crippen MR) is 76.4 cm³/mol. The molecule has 4 N–H and O–H groups in total. The Bertz CT molecular complexity index is 490. The van der Waals surface area contributed by atoms with Crippen LogP contribution in [0.3, 0.4) is 0 Å². The fourth-order valence-electron chi connectivity index (χ4n) is 1.73. The summed E-state index contributed by atoms with van der Waals surface area (Å²) < 4.78 is 0. The number of carbonyl (C=O) groups is 1. The molecule has 1 rings (SSSR count). The van der Waals surface area contributed by atoms with Crippen molar-refractivity contribution in [1.82, 2.24) is 10.2 Å². The maximum atomic E-state index is 12.0. The minimum Gasteiger partial charge on any atom is -0.352 e. The molecule has 1 aromatic rings. The number of nitrogens with two attached hydrogens (primary N) is 1. The summed E-state index contributed by atoms with van der Waals surface area (Å²) in [4.78, 5) is 24.4. The molecule has 0 radical (unpaired) electrons. The minimum absolute atomic E-state index is 0.00435. The zero-order valence-corrected chi connectivity index (χ0v) is 11.5. The van der Waals surface area contributed by atoms with E-state index in [1.54, 1.807) is 0 Å². The molecular weight excluding hydrogens is 262 g/mol. The summed E-state index contributed by atoms with van der Waals surface area (Å²) in [5.41, 5.74) is 2.01. The minimum atomic E-state index is -0.621. The lowest BCUT2D eigenvalue weighted by molar-refractivity contribution is -0.384. The molecule has 0 aliphatic heterocycles. The number of rotatable bonds is 7. The van der Waals surface area contributed by atoms with Crippen molar-refractivity contribution < 1.29 is 9.72 Å². The Balaban J connectivity index is 2.80. The Morgan fingerprint density at radius 3 is 2.70 bits per heavy atom. The van der Waals surface area contributed by atoms with E-state index in [0.717, 1.165) is 13.0 Å². The molecule has 1 aromatic carbocycles. The summed E-state index contributed by atoms with van der Waals surface area (Å²) in [5.74, 6) is 4.74. The van der Waals surface area contributed by atoms with Crippen molar-refractivity contribution >= 4 is 17.3 Å². The van der Waals surface area contributed by atoms with Crippen LogP contribution >= 0.6 is 0 Å². The quantitative estimate of drug-likeness (QED) is 0.291. The number of anilines is 1. The van der Waals surface area contributed by atoms with Gasteiger partial charge >= 0.3 is 5.69 Å². The number of benzene rings is 1. The molecule has 110 valence electrons. The number of nitrogens with zero attached hydrogens (tertiary/aromatic N) is 2. The lowest BCUT2D eigenvalue weighted by atomic mass is 10.1. The summed E-state index contributed by atoms with van der Waals surface area (Å²) >= 11 is 0. The smallest absolute Gasteiger partial charge is 0.306 e. The highest BCUT2D eigenvalue weighted by Gasteiger charge is 2.23. The van der Waals surface area contributed by atoms with Crippen molar-refractivity contribution in [2.45, 2.75) is 6.42 Å². The first kappa shape index (κ1) is 15.9. The van der Waals surface area contributed by atoms with Gasteiger partial charge in [0, 0.05) is 6.54 Å². The van der Waals surface area contributed by atoms with E-state index in [4.69, 9.17) is 5.84 Å². The van der Waals surface area contributed by atoms with E-state index in [9.17, 15) is 14.9 Å². The van der Waals surface area contributed by atoms with Gasteiger partial charge in [0.15, 0.2) is 0 Å². The second-order valence-corrected chi connectivity index (χ2v) is 4.52. The van der Waals surface area contributed by atoms with Crippen molar-refractivity contribution in [3.05, 3.63) is 33.9 Å². The van der Waals surface area contributed by atoms with Gasteiger partial charge in [0.2, 0.25) is 0 Å². The molecule has 8 heteroatoms. The highest BCUT2D eigenvalue weighted by Crippen LogP contribution is 2.27. The van der Waals surface area contributed by atoms with E-state index < -0.39 is 10.8 Å². The average molecular weight is 281 g/mol. The van der Waals surface area contributed by atoms with Crippen molar-refractivity contribution in [2.75, 3.05) is 32.6 Å². The fourth-order valence-corrected chi connectivity index (χ4v) is 1.73. The molecule has 0 bridgehead atoms. The summed E-state index contributed by atoms with van der Waals surface area (Å²) in [5, 5.41) is 13.7. The molecule has 0 heterocycles. The van der Waals surface area contributed by atoms with Crippen LogP contribution in [0.1, 0.15) is 16.8 Å². The molecule has 0 aromatic heterocycles. The summed E-state index contributed by atoms with van der Waals surface area (Å²) in [6.07, 6.45) is 0.765. The molecule has 0 saturated carbocycles. The van der Waals surface area contributed by atoms with Crippen LogP contribution in [0, 0.1) is 10.1 Å². The van der Waals surface area contributed by atoms with Crippen LogP contribution in [0.15, 0.2) is 18.2 Å². The SMILES string of the molecule is CN(C)CCCNC(=O)c1cccc(NN)c1[N+](=O)[O-]. The van der Waals surface area contributed by atoms with E-state index in [1.807, 2.05) is 19.0 Å². The fraction of sp³-hybridized carbons (Fsp3) is 0.417. The van der Waals surface area contributed by atoms with Gasteiger partial charge in [-0.05, 0) is 39.2 Å².